The lowest BCUT2D eigenvalue weighted by Gasteiger charge is -2.12. The van der Waals surface area contributed by atoms with Crippen molar-refractivity contribution < 1.29 is 13.0 Å². The lowest BCUT2D eigenvalue weighted by atomic mass is 10.4. The first-order valence-electron chi connectivity index (χ1n) is 9.82. The molecular formula is C24H22O3PSi2+. The zero-order chi connectivity index (χ0) is 20.6. The van der Waals surface area contributed by atoms with E-state index in [4.69, 9.17) is 8.43 Å². The molecule has 0 N–H and O–H groups in total. The smallest absolute Gasteiger partial charge is 0.169 e. The van der Waals surface area contributed by atoms with E-state index in [2.05, 4.69) is 0 Å². The van der Waals surface area contributed by atoms with Gasteiger partial charge in [0.2, 0.25) is 0 Å². The summed E-state index contributed by atoms with van der Waals surface area (Å²) in [6, 6.07) is 40.1. The minimum atomic E-state index is -2.28. The van der Waals surface area contributed by atoms with Gasteiger partial charge >= 0.3 is 26.3 Å². The number of hydrogen-bond donors (Lipinski definition) is 0. The van der Waals surface area contributed by atoms with Gasteiger partial charge in [0.25, 0.3) is 0 Å². The summed E-state index contributed by atoms with van der Waals surface area (Å²) in [5, 5.41) is 4.31. The van der Waals surface area contributed by atoms with Crippen LogP contribution >= 0.6 is 8.25 Å². The van der Waals surface area contributed by atoms with Crippen molar-refractivity contribution in [1.82, 2.24) is 0 Å². The van der Waals surface area contributed by atoms with Gasteiger partial charge in [-0.15, -0.1) is 0 Å². The molecule has 0 unspecified atom stereocenters. The van der Waals surface area contributed by atoms with Gasteiger partial charge in [-0.1, -0.05) is 121 Å². The minimum absolute atomic E-state index is 1.08. The maximum Gasteiger partial charge on any atom is 0.674 e. The highest BCUT2D eigenvalue weighted by Gasteiger charge is 2.36. The summed E-state index contributed by atoms with van der Waals surface area (Å²) in [4.78, 5) is 0. The zero-order valence-corrected chi connectivity index (χ0v) is 19.6. The molecule has 0 bridgehead atoms. The van der Waals surface area contributed by atoms with E-state index in [0.717, 1.165) is 20.7 Å². The number of rotatable bonds is 8. The van der Waals surface area contributed by atoms with Crippen molar-refractivity contribution in [3.8, 4) is 0 Å². The molecule has 4 aromatic rings. The van der Waals surface area contributed by atoms with E-state index < -0.39 is 26.3 Å². The average molecular weight is 446 g/mol. The molecule has 3 nitrogen and oxygen atoms in total. The fourth-order valence-corrected chi connectivity index (χ4v) is 10.4. The fourth-order valence-electron chi connectivity index (χ4n) is 3.34. The largest absolute Gasteiger partial charge is 0.674 e. The third-order valence-electron chi connectivity index (χ3n) is 4.79. The Morgan fingerprint density at radius 2 is 0.667 bits per heavy atom. The SMILES string of the molecule is O=[P+](O[SiH](c1ccccc1)c1ccccc1)O[SiH](c1ccccc1)c1ccccc1. The molecule has 0 aliphatic heterocycles. The van der Waals surface area contributed by atoms with E-state index in [-0.39, 0.29) is 0 Å². The van der Waals surface area contributed by atoms with Crippen molar-refractivity contribution in [3.05, 3.63) is 121 Å². The molecule has 30 heavy (non-hydrogen) atoms. The third-order valence-corrected chi connectivity index (χ3v) is 11.8. The maximum absolute atomic E-state index is 13.1. The van der Waals surface area contributed by atoms with E-state index in [9.17, 15) is 4.57 Å². The Balaban J connectivity index is 1.60. The molecule has 0 atom stereocenters. The lowest BCUT2D eigenvalue weighted by Crippen LogP contribution is -2.45. The summed E-state index contributed by atoms with van der Waals surface area (Å²) in [5.74, 6) is 0. The van der Waals surface area contributed by atoms with Crippen LogP contribution in [0.15, 0.2) is 121 Å². The molecule has 0 amide bonds. The van der Waals surface area contributed by atoms with Gasteiger partial charge < -0.3 is 0 Å². The Labute approximate surface area is 181 Å². The maximum atomic E-state index is 13.1. The molecule has 4 rings (SSSR count). The van der Waals surface area contributed by atoms with Crippen LogP contribution < -0.4 is 20.7 Å². The third kappa shape index (κ3) is 5.27. The van der Waals surface area contributed by atoms with Crippen LogP contribution in [-0.2, 0) is 13.0 Å². The summed E-state index contributed by atoms with van der Waals surface area (Å²) in [7, 11) is -6.56. The van der Waals surface area contributed by atoms with E-state index >= 15 is 0 Å². The minimum Gasteiger partial charge on any atom is -0.169 e. The Bertz CT molecular complexity index is 899. The Morgan fingerprint density at radius 1 is 0.433 bits per heavy atom. The Kier molecular flexibility index (Phi) is 7.13. The molecule has 0 saturated heterocycles. The highest BCUT2D eigenvalue weighted by Crippen LogP contribution is 2.26. The van der Waals surface area contributed by atoms with Gasteiger partial charge in [0.1, 0.15) is 0 Å². The second-order valence-corrected chi connectivity index (χ2v) is 13.2. The van der Waals surface area contributed by atoms with Crippen LogP contribution in [0.1, 0.15) is 0 Å². The first-order valence-corrected chi connectivity index (χ1v) is 14.2. The molecule has 0 aliphatic rings. The molecule has 0 spiro atoms. The van der Waals surface area contributed by atoms with Crippen LogP contribution in [0, 0.1) is 0 Å². The highest BCUT2D eigenvalue weighted by atomic mass is 31.1. The first kappa shape index (κ1) is 20.6. The zero-order valence-electron chi connectivity index (χ0n) is 16.4. The first-order chi connectivity index (χ1) is 14.8. The fraction of sp³-hybridized carbons (Fsp3) is 0. The second kappa shape index (κ2) is 10.4. The molecule has 0 saturated carbocycles. The van der Waals surface area contributed by atoms with E-state index in [1.807, 2.05) is 121 Å². The quantitative estimate of drug-likeness (QED) is 0.309. The monoisotopic (exact) mass is 445 g/mol. The van der Waals surface area contributed by atoms with Crippen LogP contribution in [0.4, 0.5) is 0 Å². The lowest BCUT2D eigenvalue weighted by molar-refractivity contribution is 0.432. The predicted octanol–water partition coefficient (Wildman–Crippen LogP) is 2.75. The molecule has 4 aromatic carbocycles. The number of hydrogen-bond acceptors (Lipinski definition) is 3. The van der Waals surface area contributed by atoms with Gasteiger partial charge in [-0.2, -0.15) is 8.43 Å². The topological polar surface area (TPSA) is 35.5 Å². The summed E-state index contributed by atoms with van der Waals surface area (Å²) < 4.78 is 25.4. The van der Waals surface area contributed by atoms with Gasteiger partial charge in [0.05, 0.1) is 0 Å². The van der Waals surface area contributed by atoms with Crippen molar-refractivity contribution >= 4 is 47.1 Å². The Morgan fingerprint density at radius 3 is 0.900 bits per heavy atom. The van der Waals surface area contributed by atoms with Gasteiger partial charge in [-0.05, 0) is 20.7 Å². The van der Waals surface area contributed by atoms with Crippen molar-refractivity contribution in [3.63, 3.8) is 0 Å². The van der Waals surface area contributed by atoms with Crippen LogP contribution in [0.5, 0.6) is 0 Å². The summed E-state index contributed by atoms with van der Waals surface area (Å²) in [6.07, 6.45) is 0. The van der Waals surface area contributed by atoms with Crippen molar-refractivity contribution in [2.45, 2.75) is 0 Å². The average Bonchev–Trinajstić information content (AvgIpc) is 2.83. The summed E-state index contributed by atoms with van der Waals surface area (Å²) in [5.41, 5.74) is 0. The predicted molar refractivity (Wildman–Crippen MR) is 128 cm³/mol. The van der Waals surface area contributed by atoms with E-state index in [0.29, 0.717) is 0 Å². The van der Waals surface area contributed by atoms with Crippen molar-refractivity contribution in [2.24, 2.45) is 0 Å². The molecule has 0 radical (unpaired) electrons. The van der Waals surface area contributed by atoms with E-state index in [1.165, 1.54) is 0 Å². The van der Waals surface area contributed by atoms with Crippen LogP contribution in [0.2, 0.25) is 0 Å². The molecule has 0 aliphatic carbocycles. The van der Waals surface area contributed by atoms with Gasteiger partial charge in [0, 0.05) is 4.57 Å². The van der Waals surface area contributed by atoms with Crippen LogP contribution in [0.3, 0.4) is 0 Å². The van der Waals surface area contributed by atoms with Gasteiger partial charge in [-0.25, -0.2) is 0 Å². The van der Waals surface area contributed by atoms with Crippen molar-refractivity contribution in [2.75, 3.05) is 0 Å². The normalized spacial score (nSPS) is 11.0. The molecule has 0 aromatic heterocycles. The van der Waals surface area contributed by atoms with Gasteiger partial charge in [-0.3, -0.25) is 0 Å². The Hall–Kier alpha value is -2.67. The molecule has 0 fully saturated rings. The van der Waals surface area contributed by atoms with Crippen LogP contribution in [-0.4, -0.2) is 18.1 Å². The second-order valence-electron chi connectivity index (χ2n) is 6.84. The van der Waals surface area contributed by atoms with E-state index in [1.54, 1.807) is 0 Å². The molecule has 0 heterocycles. The number of benzene rings is 4. The van der Waals surface area contributed by atoms with Gasteiger partial charge in [0.15, 0.2) is 0 Å². The molecule has 6 heteroatoms. The summed E-state index contributed by atoms with van der Waals surface area (Å²) in [6.45, 7) is 0. The molecular weight excluding hydrogens is 423 g/mol. The van der Waals surface area contributed by atoms with Crippen LogP contribution in [0.25, 0.3) is 0 Å². The standard InChI is InChI=1S/C24H22O3PSi2/c25-28(26-29(21-13-5-1-6-14-21)22-15-7-2-8-16-22)27-30(23-17-9-3-10-18-23)24-19-11-4-12-20-24/h1-20,29-30H/q+1. The van der Waals surface area contributed by atoms with Crippen molar-refractivity contribution in [1.29, 1.82) is 0 Å². The molecule has 148 valence electrons. The summed E-state index contributed by atoms with van der Waals surface area (Å²) >= 11 is 0. The highest BCUT2D eigenvalue weighted by molar-refractivity contribution is 7.38.